The Labute approximate surface area is 116 Å². The van der Waals surface area contributed by atoms with Gasteiger partial charge in [0.05, 0.1) is 25.7 Å². The van der Waals surface area contributed by atoms with Crippen molar-refractivity contribution in [2.75, 3.05) is 7.11 Å². The number of nitrogens with zero attached hydrogens (tertiary/aromatic N) is 3. The van der Waals surface area contributed by atoms with Gasteiger partial charge in [-0.1, -0.05) is 23.2 Å². The standard InChI is InChI=1S/C12H13Cl2N3O/c1-7-4-15-9(8(2)10(7)18-3)5-17-6-16-11(13)12(17)14/h4,6H,5H2,1-3H3. The van der Waals surface area contributed by atoms with Crippen LogP contribution in [0.5, 0.6) is 5.75 Å². The van der Waals surface area contributed by atoms with E-state index >= 15 is 0 Å². The van der Waals surface area contributed by atoms with E-state index in [0.29, 0.717) is 16.9 Å². The van der Waals surface area contributed by atoms with Crippen LogP contribution in [-0.2, 0) is 6.54 Å². The lowest BCUT2D eigenvalue weighted by Gasteiger charge is -2.12. The average molecular weight is 286 g/mol. The second-order valence-corrected chi connectivity index (χ2v) is 4.72. The lowest BCUT2D eigenvalue weighted by atomic mass is 10.1. The molecule has 0 aliphatic heterocycles. The molecule has 0 bridgehead atoms. The quantitative estimate of drug-likeness (QED) is 0.869. The molecule has 0 N–H and O–H groups in total. The van der Waals surface area contributed by atoms with Crippen molar-refractivity contribution >= 4 is 23.2 Å². The van der Waals surface area contributed by atoms with Crippen LogP contribution >= 0.6 is 23.2 Å². The monoisotopic (exact) mass is 285 g/mol. The highest BCUT2D eigenvalue weighted by Gasteiger charge is 2.12. The first-order chi connectivity index (χ1) is 8.54. The maximum absolute atomic E-state index is 6.03. The number of hydrogen-bond acceptors (Lipinski definition) is 3. The van der Waals surface area contributed by atoms with Gasteiger partial charge >= 0.3 is 0 Å². The number of methoxy groups -OCH3 is 1. The zero-order valence-corrected chi connectivity index (χ0v) is 11.9. The van der Waals surface area contributed by atoms with Crippen LogP contribution in [0.2, 0.25) is 10.3 Å². The number of hydrogen-bond donors (Lipinski definition) is 0. The van der Waals surface area contributed by atoms with Crippen LogP contribution in [0.1, 0.15) is 16.8 Å². The molecule has 0 aliphatic rings. The third-order valence-electron chi connectivity index (χ3n) is 2.80. The second-order valence-electron chi connectivity index (χ2n) is 4.00. The van der Waals surface area contributed by atoms with E-state index in [9.17, 15) is 0 Å². The summed E-state index contributed by atoms with van der Waals surface area (Å²) in [5.74, 6) is 0.849. The number of aromatic nitrogens is 3. The number of ether oxygens (including phenoxy) is 1. The minimum Gasteiger partial charge on any atom is -0.496 e. The van der Waals surface area contributed by atoms with Crippen LogP contribution in [0.4, 0.5) is 0 Å². The second kappa shape index (κ2) is 5.16. The minimum absolute atomic E-state index is 0.299. The van der Waals surface area contributed by atoms with Crippen molar-refractivity contribution in [3.8, 4) is 5.75 Å². The van der Waals surface area contributed by atoms with E-state index in [1.54, 1.807) is 24.2 Å². The van der Waals surface area contributed by atoms with Crippen molar-refractivity contribution in [3.63, 3.8) is 0 Å². The van der Waals surface area contributed by atoms with Gasteiger partial charge in [-0.3, -0.25) is 4.98 Å². The molecule has 2 aromatic rings. The summed E-state index contributed by atoms with van der Waals surface area (Å²) >= 11 is 11.8. The highest BCUT2D eigenvalue weighted by molar-refractivity contribution is 6.40. The normalized spacial score (nSPS) is 10.7. The Kier molecular flexibility index (Phi) is 3.78. The van der Waals surface area contributed by atoms with Gasteiger partial charge in [0.15, 0.2) is 5.15 Å². The molecule has 96 valence electrons. The van der Waals surface area contributed by atoms with Crippen molar-refractivity contribution < 1.29 is 4.74 Å². The smallest absolute Gasteiger partial charge is 0.166 e. The van der Waals surface area contributed by atoms with Gasteiger partial charge in [0.25, 0.3) is 0 Å². The van der Waals surface area contributed by atoms with Gasteiger partial charge in [0, 0.05) is 17.3 Å². The molecule has 0 saturated heterocycles. The first kappa shape index (κ1) is 13.2. The molecular formula is C12H13Cl2N3O. The van der Waals surface area contributed by atoms with E-state index < -0.39 is 0 Å². The molecule has 0 radical (unpaired) electrons. The molecule has 0 saturated carbocycles. The van der Waals surface area contributed by atoms with Crippen molar-refractivity contribution in [1.29, 1.82) is 0 Å². The lowest BCUT2D eigenvalue weighted by molar-refractivity contribution is 0.406. The van der Waals surface area contributed by atoms with E-state index in [0.717, 1.165) is 22.6 Å². The lowest BCUT2D eigenvalue weighted by Crippen LogP contribution is -2.05. The predicted molar refractivity (Wildman–Crippen MR) is 71.6 cm³/mol. The fraction of sp³-hybridized carbons (Fsp3) is 0.333. The summed E-state index contributed by atoms with van der Waals surface area (Å²) in [5, 5.41) is 0.714. The maximum atomic E-state index is 6.03. The minimum atomic E-state index is 0.299. The Morgan fingerprint density at radius 3 is 2.56 bits per heavy atom. The topological polar surface area (TPSA) is 39.9 Å². The highest BCUT2D eigenvalue weighted by Crippen LogP contribution is 2.26. The average Bonchev–Trinajstić information content (AvgIpc) is 2.65. The van der Waals surface area contributed by atoms with Gasteiger partial charge in [-0.15, -0.1) is 0 Å². The van der Waals surface area contributed by atoms with E-state index in [2.05, 4.69) is 9.97 Å². The number of imidazole rings is 1. The number of pyridine rings is 1. The Morgan fingerprint density at radius 2 is 2.00 bits per heavy atom. The molecule has 0 spiro atoms. The predicted octanol–water partition coefficient (Wildman–Crippen LogP) is 3.26. The molecule has 4 nitrogen and oxygen atoms in total. The molecule has 2 rings (SSSR count). The molecule has 2 heterocycles. The third-order valence-corrected chi connectivity index (χ3v) is 3.57. The highest BCUT2D eigenvalue weighted by atomic mass is 35.5. The van der Waals surface area contributed by atoms with Gasteiger partial charge in [-0.05, 0) is 13.8 Å². The molecule has 0 amide bonds. The van der Waals surface area contributed by atoms with Crippen LogP contribution in [0, 0.1) is 13.8 Å². The summed E-state index contributed by atoms with van der Waals surface area (Å²) in [4.78, 5) is 8.34. The molecule has 6 heteroatoms. The van der Waals surface area contributed by atoms with E-state index in [1.807, 2.05) is 13.8 Å². The summed E-state index contributed by atoms with van der Waals surface area (Å²) < 4.78 is 7.11. The van der Waals surface area contributed by atoms with Crippen molar-refractivity contribution in [1.82, 2.24) is 14.5 Å². The molecule has 0 aliphatic carbocycles. The Morgan fingerprint density at radius 1 is 1.28 bits per heavy atom. The van der Waals surface area contributed by atoms with Crippen LogP contribution in [0.3, 0.4) is 0 Å². The molecule has 0 atom stereocenters. The van der Waals surface area contributed by atoms with Gasteiger partial charge in [-0.2, -0.15) is 0 Å². The summed E-state index contributed by atoms with van der Waals surface area (Å²) in [6.07, 6.45) is 3.38. The summed E-state index contributed by atoms with van der Waals surface area (Å²) in [6.45, 7) is 4.45. The van der Waals surface area contributed by atoms with Crippen molar-refractivity contribution in [3.05, 3.63) is 39.7 Å². The van der Waals surface area contributed by atoms with E-state index in [1.165, 1.54) is 0 Å². The third kappa shape index (κ3) is 2.31. The largest absolute Gasteiger partial charge is 0.496 e. The van der Waals surface area contributed by atoms with Gasteiger partial charge < -0.3 is 9.30 Å². The fourth-order valence-electron chi connectivity index (χ4n) is 1.84. The first-order valence-electron chi connectivity index (χ1n) is 5.39. The molecule has 0 fully saturated rings. The Bertz CT molecular complexity index is 581. The molecule has 2 aromatic heterocycles. The molecule has 18 heavy (non-hydrogen) atoms. The molecule has 0 unspecified atom stereocenters. The van der Waals surface area contributed by atoms with Crippen LogP contribution in [0.25, 0.3) is 0 Å². The van der Waals surface area contributed by atoms with Gasteiger partial charge in [-0.25, -0.2) is 4.98 Å². The fourth-order valence-corrected chi connectivity index (χ4v) is 2.15. The van der Waals surface area contributed by atoms with E-state index in [-0.39, 0.29) is 0 Å². The van der Waals surface area contributed by atoms with Crippen LogP contribution < -0.4 is 4.74 Å². The maximum Gasteiger partial charge on any atom is 0.166 e. The summed E-state index contributed by atoms with van der Waals surface area (Å²) in [7, 11) is 1.65. The van der Waals surface area contributed by atoms with E-state index in [4.69, 9.17) is 27.9 Å². The SMILES string of the molecule is COc1c(C)cnc(Cn2cnc(Cl)c2Cl)c1C. The molecule has 0 aromatic carbocycles. The van der Waals surface area contributed by atoms with Crippen LogP contribution in [0.15, 0.2) is 12.5 Å². The summed E-state index contributed by atoms with van der Waals surface area (Å²) in [5.41, 5.74) is 2.89. The number of aryl methyl sites for hydroxylation is 1. The first-order valence-corrected chi connectivity index (χ1v) is 6.15. The van der Waals surface area contributed by atoms with Crippen LogP contribution in [-0.4, -0.2) is 21.6 Å². The zero-order valence-electron chi connectivity index (χ0n) is 10.4. The van der Waals surface area contributed by atoms with Crippen molar-refractivity contribution in [2.24, 2.45) is 0 Å². The van der Waals surface area contributed by atoms with Crippen molar-refractivity contribution in [2.45, 2.75) is 20.4 Å². The Hall–Kier alpha value is -1.26. The zero-order chi connectivity index (χ0) is 13.3. The summed E-state index contributed by atoms with van der Waals surface area (Å²) in [6, 6.07) is 0. The number of rotatable bonds is 3. The molecular weight excluding hydrogens is 273 g/mol. The Balaban J connectivity index is 2.38. The number of halogens is 2. The van der Waals surface area contributed by atoms with Gasteiger partial charge in [0.1, 0.15) is 10.9 Å². The van der Waals surface area contributed by atoms with Gasteiger partial charge in [0.2, 0.25) is 0 Å².